The number of hydrogen-bond donors (Lipinski definition) is 0. The molecule has 0 bridgehead atoms. The Labute approximate surface area is 166 Å². The lowest BCUT2D eigenvalue weighted by Gasteiger charge is -2.25. The van der Waals surface area contributed by atoms with Crippen molar-refractivity contribution < 1.29 is 16.8 Å². The molecule has 0 N–H and O–H groups in total. The zero-order chi connectivity index (χ0) is 20.3. The molecule has 2 atom stereocenters. The van der Waals surface area contributed by atoms with Crippen molar-refractivity contribution in [3.63, 3.8) is 0 Å². The standard InChI is InChI=1S/C18H24N4O4S2/c1-13-4-6-16(7-5-13)27(23,24)21-10-14-8-17-18(9-15(14)11-21)22(12-19-17)28(25,26)20(2)3/h4-7,12,14-15H,8-11H2,1-3H3/t14-,15?/m1/s1. The van der Waals surface area contributed by atoms with E-state index in [1.165, 1.54) is 28.7 Å². The summed E-state index contributed by atoms with van der Waals surface area (Å²) in [5.41, 5.74) is 2.43. The summed E-state index contributed by atoms with van der Waals surface area (Å²) >= 11 is 0. The zero-order valence-electron chi connectivity index (χ0n) is 16.1. The van der Waals surface area contributed by atoms with Gasteiger partial charge in [0, 0.05) is 27.2 Å². The van der Waals surface area contributed by atoms with Gasteiger partial charge in [-0.1, -0.05) is 17.7 Å². The Bertz CT molecular complexity index is 1100. The Morgan fingerprint density at radius 3 is 2.21 bits per heavy atom. The Morgan fingerprint density at radius 1 is 1.00 bits per heavy atom. The highest BCUT2D eigenvalue weighted by Gasteiger charge is 2.43. The first-order valence-corrected chi connectivity index (χ1v) is 12.0. The van der Waals surface area contributed by atoms with Gasteiger partial charge in [0.25, 0.3) is 0 Å². The molecule has 4 rings (SSSR count). The fraction of sp³-hybridized carbons (Fsp3) is 0.500. The molecule has 1 fully saturated rings. The summed E-state index contributed by atoms with van der Waals surface area (Å²) in [4.78, 5) is 4.61. The van der Waals surface area contributed by atoms with Crippen LogP contribution in [-0.4, -0.2) is 61.6 Å². The first-order valence-electron chi connectivity index (χ1n) is 9.15. The minimum Gasteiger partial charge on any atom is -0.240 e. The van der Waals surface area contributed by atoms with Gasteiger partial charge in [0.2, 0.25) is 10.0 Å². The van der Waals surface area contributed by atoms with Crippen LogP contribution in [0.4, 0.5) is 0 Å². The van der Waals surface area contributed by atoms with Gasteiger partial charge in [-0.05, 0) is 43.7 Å². The molecular formula is C18H24N4O4S2. The van der Waals surface area contributed by atoms with Gasteiger partial charge < -0.3 is 0 Å². The number of rotatable bonds is 4. The van der Waals surface area contributed by atoms with Crippen molar-refractivity contribution >= 4 is 20.2 Å². The van der Waals surface area contributed by atoms with Gasteiger partial charge >= 0.3 is 10.2 Å². The topological polar surface area (TPSA) is 92.6 Å². The summed E-state index contributed by atoms with van der Waals surface area (Å²) in [6.07, 6.45) is 2.46. The van der Waals surface area contributed by atoms with Gasteiger partial charge in [-0.2, -0.15) is 17.0 Å². The van der Waals surface area contributed by atoms with Gasteiger partial charge in [0.15, 0.2) is 0 Å². The molecule has 0 amide bonds. The molecule has 0 saturated carbocycles. The van der Waals surface area contributed by atoms with Crippen molar-refractivity contribution in [1.82, 2.24) is 17.6 Å². The van der Waals surface area contributed by atoms with Crippen molar-refractivity contribution in [3.8, 4) is 0 Å². The molecular weight excluding hydrogens is 400 g/mol. The SMILES string of the molecule is Cc1ccc(S(=O)(=O)N2CC3Cc4c(ncn4S(=O)(=O)N(C)C)C[C@@H]3C2)cc1. The maximum atomic E-state index is 13.0. The fourth-order valence-electron chi connectivity index (χ4n) is 4.06. The van der Waals surface area contributed by atoms with Crippen LogP contribution < -0.4 is 0 Å². The second kappa shape index (κ2) is 6.65. The van der Waals surface area contributed by atoms with Crippen molar-refractivity contribution in [2.24, 2.45) is 11.8 Å². The van der Waals surface area contributed by atoms with Crippen LogP contribution >= 0.6 is 0 Å². The number of hydrogen-bond acceptors (Lipinski definition) is 5. The van der Waals surface area contributed by atoms with Crippen LogP contribution in [0.5, 0.6) is 0 Å². The van der Waals surface area contributed by atoms with E-state index in [1.54, 1.807) is 24.3 Å². The van der Waals surface area contributed by atoms with Gasteiger partial charge in [-0.15, -0.1) is 0 Å². The van der Waals surface area contributed by atoms with Crippen molar-refractivity contribution in [2.75, 3.05) is 27.2 Å². The molecule has 28 heavy (non-hydrogen) atoms. The molecule has 1 unspecified atom stereocenters. The van der Waals surface area contributed by atoms with Crippen LogP contribution in [0.3, 0.4) is 0 Å². The van der Waals surface area contributed by atoms with E-state index in [2.05, 4.69) is 4.98 Å². The smallest absolute Gasteiger partial charge is 0.240 e. The van der Waals surface area contributed by atoms with E-state index < -0.39 is 20.2 Å². The molecule has 2 aromatic rings. The Hall–Kier alpha value is -1.75. The van der Waals surface area contributed by atoms with E-state index in [-0.39, 0.29) is 11.8 Å². The number of sulfonamides is 1. The van der Waals surface area contributed by atoms with Crippen LogP contribution in [0.2, 0.25) is 0 Å². The number of nitrogens with zero attached hydrogens (tertiary/aromatic N) is 4. The van der Waals surface area contributed by atoms with Crippen molar-refractivity contribution in [2.45, 2.75) is 24.7 Å². The molecule has 10 heteroatoms. The normalized spacial score (nSPS) is 23.0. The third kappa shape index (κ3) is 3.08. The van der Waals surface area contributed by atoms with Crippen molar-refractivity contribution in [1.29, 1.82) is 0 Å². The monoisotopic (exact) mass is 424 g/mol. The summed E-state index contributed by atoms with van der Waals surface area (Å²) < 4.78 is 55.0. The molecule has 2 aliphatic rings. The maximum absolute atomic E-state index is 13.0. The zero-order valence-corrected chi connectivity index (χ0v) is 17.7. The lowest BCUT2D eigenvalue weighted by atomic mass is 9.82. The second-order valence-electron chi connectivity index (χ2n) is 7.79. The van der Waals surface area contributed by atoms with Crippen LogP contribution in [0.15, 0.2) is 35.5 Å². The molecule has 8 nitrogen and oxygen atoms in total. The molecule has 152 valence electrons. The highest BCUT2D eigenvalue weighted by molar-refractivity contribution is 7.89. The molecule has 1 aromatic heterocycles. The third-order valence-corrected chi connectivity index (χ3v) is 9.32. The number of aromatic nitrogens is 2. The summed E-state index contributed by atoms with van der Waals surface area (Å²) in [6, 6.07) is 6.87. The van der Waals surface area contributed by atoms with E-state index in [4.69, 9.17) is 0 Å². The van der Waals surface area contributed by atoms with Crippen LogP contribution in [0.1, 0.15) is 17.0 Å². The minimum absolute atomic E-state index is 0.0838. The maximum Gasteiger partial charge on any atom is 0.308 e. The lowest BCUT2D eigenvalue weighted by Crippen LogP contribution is -2.32. The number of imidazole rings is 1. The summed E-state index contributed by atoms with van der Waals surface area (Å²) in [5.74, 6) is 0.235. The Morgan fingerprint density at radius 2 is 1.61 bits per heavy atom. The van der Waals surface area contributed by atoms with Crippen molar-refractivity contribution in [3.05, 3.63) is 47.5 Å². The van der Waals surface area contributed by atoms with Crippen LogP contribution in [0, 0.1) is 18.8 Å². The van der Waals surface area contributed by atoms with Gasteiger partial charge in [0.05, 0.1) is 16.3 Å². The first-order chi connectivity index (χ1) is 13.1. The molecule has 0 radical (unpaired) electrons. The van der Waals surface area contributed by atoms with E-state index in [1.807, 2.05) is 6.92 Å². The predicted molar refractivity (Wildman–Crippen MR) is 105 cm³/mol. The summed E-state index contributed by atoms with van der Waals surface area (Å²) in [6.45, 7) is 2.75. The number of benzene rings is 1. The first kappa shape index (κ1) is 19.6. The number of aryl methyl sites for hydroxylation is 1. The van der Waals surface area contributed by atoms with Crippen LogP contribution in [0.25, 0.3) is 0 Å². The highest BCUT2D eigenvalue weighted by atomic mass is 32.2. The molecule has 1 saturated heterocycles. The Balaban J connectivity index is 1.60. The third-order valence-electron chi connectivity index (χ3n) is 5.74. The van der Waals surface area contributed by atoms with Crippen LogP contribution in [-0.2, 0) is 33.1 Å². The number of fused-ring (bicyclic) bond motifs is 2. The van der Waals surface area contributed by atoms with Gasteiger partial charge in [-0.3, -0.25) is 0 Å². The van der Waals surface area contributed by atoms with Gasteiger partial charge in [0.1, 0.15) is 6.33 Å². The molecule has 1 aliphatic carbocycles. The molecule has 2 heterocycles. The van der Waals surface area contributed by atoms with E-state index >= 15 is 0 Å². The quantitative estimate of drug-likeness (QED) is 0.727. The lowest BCUT2D eigenvalue weighted by molar-refractivity contribution is 0.381. The van der Waals surface area contributed by atoms with E-state index in [9.17, 15) is 16.8 Å². The Kier molecular flexibility index (Phi) is 4.65. The summed E-state index contributed by atoms with van der Waals surface area (Å²) in [5, 5.41) is 0. The predicted octanol–water partition coefficient (Wildman–Crippen LogP) is 0.882. The average Bonchev–Trinajstić information content (AvgIpc) is 3.23. The van der Waals surface area contributed by atoms with Gasteiger partial charge in [-0.25, -0.2) is 17.4 Å². The summed E-state index contributed by atoms with van der Waals surface area (Å²) in [7, 11) is -4.22. The highest BCUT2D eigenvalue weighted by Crippen LogP contribution is 2.38. The molecule has 0 spiro atoms. The second-order valence-corrected chi connectivity index (χ2v) is 11.7. The average molecular weight is 425 g/mol. The largest absolute Gasteiger partial charge is 0.308 e. The molecule has 1 aromatic carbocycles. The minimum atomic E-state index is -3.64. The molecule has 1 aliphatic heterocycles. The fourth-order valence-corrected chi connectivity index (χ4v) is 6.59. The van der Waals surface area contributed by atoms with E-state index in [0.29, 0.717) is 36.5 Å². The van der Waals surface area contributed by atoms with E-state index in [0.717, 1.165) is 15.6 Å².